The number of carbonyl (C=O) groups excluding carboxylic acids is 3. The molecular weight excluding hydrogens is 392 g/mol. The van der Waals surface area contributed by atoms with E-state index in [4.69, 9.17) is 5.73 Å². The van der Waals surface area contributed by atoms with E-state index in [1.165, 1.54) is 19.1 Å². The number of carboxylic acids is 1. The van der Waals surface area contributed by atoms with Crippen LogP contribution < -0.4 is 21.7 Å². The van der Waals surface area contributed by atoms with Crippen molar-refractivity contribution in [2.45, 2.75) is 51.7 Å². The van der Waals surface area contributed by atoms with E-state index < -0.39 is 48.4 Å². The predicted octanol–water partition coefficient (Wildman–Crippen LogP) is -0.502. The minimum atomic E-state index is -1.23. The van der Waals surface area contributed by atoms with Gasteiger partial charge >= 0.3 is 5.97 Å². The number of hydrogen-bond acceptors (Lipinski definition) is 6. The first-order chi connectivity index (χ1) is 14.0. The predicted molar refractivity (Wildman–Crippen MR) is 109 cm³/mol. The maximum Gasteiger partial charge on any atom is 0.326 e. The normalized spacial score (nSPS) is 14.7. The lowest BCUT2D eigenvalue weighted by molar-refractivity contribution is -0.141. The summed E-state index contributed by atoms with van der Waals surface area (Å²) in [6.45, 7) is 4.74. The molecule has 0 radical (unpaired) electrons. The molecule has 166 valence electrons. The summed E-state index contributed by atoms with van der Waals surface area (Å²) < 4.78 is 0. The van der Waals surface area contributed by atoms with Gasteiger partial charge in [0.25, 0.3) is 0 Å². The zero-order chi connectivity index (χ0) is 22.8. The second kappa shape index (κ2) is 11.8. The highest BCUT2D eigenvalue weighted by molar-refractivity contribution is 5.92. The first-order valence-corrected chi connectivity index (χ1v) is 9.68. The lowest BCUT2D eigenvalue weighted by Crippen LogP contribution is -2.53. The zero-order valence-electron chi connectivity index (χ0n) is 17.3. The van der Waals surface area contributed by atoms with Crippen LogP contribution in [-0.4, -0.2) is 58.6 Å². The topological polar surface area (TPSA) is 171 Å². The van der Waals surface area contributed by atoms with Crippen LogP contribution in [0.25, 0.3) is 0 Å². The van der Waals surface area contributed by atoms with Crippen molar-refractivity contribution < 1.29 is 29.4 Å². The van der Waals surface area contributed by atoms with Crippen molar-refractivity contribution in [1.29, 1.82) is 0 Å². The molecule has 0 aromatic heterocycles. The van der Waals surface area contributed by atoms with Gasteiger partial charge in [0, 0.05) is 6.42 Å². The molecule has 0 aliphatic rings. The zero-order valence-corrected chi connectivity index (χ0v) is 17.3. The number of amides is 3. The van der Waals surface area contributed by atoms with Crippen molar-refractivity contribution in [1.82, 2.24) is 16.0 Å². The van der Waals surface area contributed by atoms with E-state index in [0.717, 1.165) is 0 Å². The quantitative estimate of drug-likeness (QED) is 0.279. The van der Waals surface area contributed by atoms with E-state index in [2.05, 4.69) is 16.0 Å². The Morgan fingerprint density at radius 1 is 1.03 bits per heavy atom. The van der Waals surface area contributed by atoms with E-state index in [1.807, 2.05) is 13.8 Å². The minimum absolute atomic E-state index is 0.00919. The standard InChI is InChI=1S/C20H30N4O6/c1-4-11(2)17(21)19(28)23-12(3)18(27)22-10-16(26)24-15(20(29)30)9-13-5-7-14(25)8-6-13/h5-8,11-12,15,17,25H,4,9-10,21H2,1-3H3,(H,22,27)(H,23,28)(H,24,26)(H,29,30). The molecule has 0 fully saturated rings. The number of rotatable bonds is 11. The van der Waals surface area contributed by atoms with E-state index in [1.54, 1.807) is 12.1 Å². The Hall–Kier alpha value is -3.14. The number of benzene rings is 1. The van der Waals surface area contributed by atoms with Crippen LogP contribution in [0, 0.1) is 5.92 Å². The summed E-state index contributed by atoms with van der Waals surface area (Å²) in [5.41, 5.74) is 6.43. The van der Waals surface area contributed by atoms with Gasteiger partial charge in [-0.2, -0.15) is 0 Å². The fourth-order valence-corrected chi connectivity index (χ4v) is 2.52. The van der Waals surface area contributed by atoms with Gasteiger partial charge in [0.05, 0.1) is 12.6 Å². The molecule has 10 nitrogen and oxygen atoms in total. The highest BCUT2D eigenvalue weighted by Crippen LogP contribution is 2.11. The second-order valence-electron chi connectivity index (χ2n) is 7.19. The monoisotopic (exact) mass is 422 g/mol. The molecule has 4 unspecified atom stereocenters. The molecule has 1 aromatic carbocycles. The number of aliphatic carboxylic acids is 1. The SMILES string of the molecule is CCC(C)C(N)C(=O)NC(C)C(=O)NCC(=O)NC(Cc1ccc(O)cc1)C(=O)O. The Kier molecular flexibility index (Phi) is 9.76. The van der Waals surface area contributed by atoms with Crippen LogP contribution in [-0.2, 0) is 25.6 Å². The summed E-state index contributed by atoms with van der Waals surface area (Å²) >= 11 is 0. The van der Waals surface area contributed by atoms with Crippen LogP contribution in [0.4, 0.5) is 0 Å². The van der Waals surface area contributed by atoms with E-state index in [9.17, 15) is 29.4 Å². The summed E-state index contributed by atoms with van der Waals surface area (Å²) in [7, 11) is 0. The van der Waals surface area contributed by atoms with Crippen molar-refractivity contribution in [2.75, 3.05) is 6.54 Å². The van der Waals surface area contributed by atoms with Crippen LogP contribution in [0.1, 0.15) is 32.8 Å². The maximum atomic E-state index is 12.1. The Morgan fingerprint density at radius 3 is 2.17 bits per heavy atom. The molecule has 1 rings (SSSR count). The van der Waals surface area contributed by atoms with Gasteiger partial charge in [0.2, 0.25) is 17.7 Å². The third-order valence-corrected chi connectivity index (χ3v) is 4.74. The second-order valence-corrected chi connectivity index (χ2v) is 7.19. The molecule has 0 bridgehead atoms. The molecule has 4 atom stereocenters. The third kappa shape index (κ3) is 8.08. The lowest BCUT2D eigenvalue weighted by Gasteiger charge is -2.21. The number of phenols is 1. The number of hydrogen-bond donors (Lipinski definition) is 6. The van der Waals surface area contributed by atoms with Gasteiger partial charge in [0.1, 0.15) is 17.8 Å². The first kappa shape index (κ1) is 24.9. The van der Waals surface area contributed by atoms with Crippen molar-refractivity contribution >= 4 is 23.7 Å². The maximum absolute atomic E-state index is 12.1. The summed E-state index contributed by atoms with van der Waals surface area (Å²) in [6, 6.07) is 3.07. The molecule has 0 aliphatic carbocycles. The number of nitrogens with one attached hydrogen (secondary N) is 3. The average molecular weight is 422 g/mol. The number of phenolic OH excluding ortho intramolecular Hbond substituents is 1. The minimum Gasteiger partial charge on any atom is -0.508 e. The fraction of sp³-hybridized carbons (Fsp3) is 0.500. The Balaban J connectivity index is 2.52. The molecule has 7 N–H and O–H groups in total. The van der Waals surface area contributed by atoms with Gasteiger partial charge in [-0.25, -0.2) is 4.79 Å². The van der Waals surface area contributed by atoms with Crippen LogP contribution >= 0.6 is 0 Å². The van der Waals surface area contributed by atoms with Crippen molar-refractivity contribution in [3.05, 3.63) is 29.8 Å². The lowest BCUT2D eigenvalue weighted by atomic mass is 9.99. The summed E-state index contributed by atoms with van der Waals surface area (Å²) in [5.74, 6) is -2.99. The van der Waals surface area contributed by atoms with Gasteiger partial charge in [-0.05, 0) is 30.5 Å². The molecule has 10 heteroatoms. The Bertz CT molecular complexity index is 752. The highest BCUT2D eigenvalue weighted by Gasteiger charge is 2.24. The molecule has 0 heterocycles. The van der Waals surface area contributed by atoms with Crippen LogP contribution in [0.2, 0.25) is 0 Å². The Labute approximate surface area is 175 Å². The molecule has 0 saturated carbocycles. The van der Waals surface area contributed by atoms with Gasteiger partial charge in [-0.15, -0.1) is 0 Å². The Morgan fingerprint density at radius 2 is 1.63 bits per heavy atom. The van der Waals surface area contributed by atoms with Gasteiger partial charge < -0.3 is 31.9 Å². The smallest absolute Gasteiger partial charge is 0.326 e. The number of carbonyl (C=O) groups is 4. The number of carboxylic acid groups (broad SMARTS) is 1. The van der Waals surface area contributed by atoms with Crippen LogP contribution in [0.5, 0.6) is 5.75 Å². The molecule has 0 saturated heterocycles. The molecule has 1 aromatic rings. The van der Waals surface area contributed by atoms with E-state index >= 15 is 0 Å². The number of aromatic hydroxyl groups is 1. The molecule has 0 spiro atoms. The van der Waals surface area contributed by atoms with Crippen molar-refractivity contribution in [3.8, 4) is 5.75 Å². The summed E-state index contributed by atoms with van der Waals surface area (Å²) in [5, 5.41) is 25.8. The van der Waals surface area contributed by atoms with Crippen LogP contribution in [0.3, 0.4) is 0 Å². The van der Waals surface area contributed by atoms with Gasteiger partial charge in [0.15, 0.2) is 0 Å². The largest absolute Gasteiger partial charge is 0.508 e. The van der Waals surface area contributed by atoms with E-state index in [-0.39, 0.29) is 18.1 Å². The van der Waals surface area contributed by atoms with Crippen LogP contribution in [0.15, 0.2) is 24.3 Å². The van der Waals surface area contributed by atoms with Gasteiger partial charge in [-0.1, -0.05) is 32.4 Å². The number of nitrogens with two attached hydrogens (primary N) is 1. The molecule has 3 amide bonds. The van der Waals surface area contributed by atoms with Crippen molar-refractivity contribution in [3.63, 3.8) is 0 Å². The highest BCUT2D eigenvalue weighted by atomic mass is 16.4. The summed E-state index contributed by atoms with van der Waals surface area (Å²) in [6.07, 6.45) is 0.722. The average Bonchev–Trinajstić information content (AvgIpc) is 2.71. The van der Waals surface area contributed by atoms with E-state index in [0.29, 0.717) is 12.0 Å². The molecule has 30 heavy (non-hydrogen) atoms. The molecular formula is C20H30N4O6. The molecule has 0 aliphatic heterocycles. The third-order valence-electron chi connectivity index (χ3n) is 4.74. The first-order valence-electron chi connectivity index (χ1n) is 9.68. The summed E-state index contributed by atoms with van der Waals surface area (Å²) in [4.78, 5) is 47.6. The van der Waals surface area contributed by atoms with Crippen molar-refractivity contribution in [2.24, 2.45) is 11.7 Å². The fourth-order valence-electron chi connectivity index (χ4n) is 2.52. The van der Waals surface area contributed by atoms with Gasteiger partial charge in [-0.3, -0.25) is 14.4 Å².